The van der Waals surface area contributed by atoms with Crippen molar-refractivity contribution in [3.8, 4) is 0 Å². The second-order valence-electron chi connectivity index (χ2n) is 6.03. The Kier molecular flexibility index (Phi) is 5.98. The van der Waals surface area contributed by atoms with Gasteiger partial charge in [-0.3, -0.25) is 4.79 Å². The van der Waals surface area contributed by atoms with Gasteiger partial charge in [-0.05, 0) is 51.1 Å². The maximum absolute atomic E-state index is 12.9. The van der Waals surface area contributed by atoms with Crippen LogP contribution in [0.15, 0.2) is 59.5 Å². The molecule has 0 bridgehead atoms. The highest BCUT2D eigenvalue weighted by Crippen LogP contribution is 2.21. The van der Waals surface area contributed by atoms with Gasteiger partial charge in [-0.2, -0.15) is 4.31 Å². The monoisotopic (exact) mass is 360 g/mol. The van der Waals surface area contributed by atoms with Gasteiger partial charge in [0.15, 0.2) is 0 Å². The molecule has 0 atom stereocenters. The molecule has 0 saturated carbocycles. The van der Waals surface area contributed by atoms with Crippen molar-refractivity contribution in [2.75, 3.05) is 18.5 Å². The lowest BCUT2D eigenvalue weighted by atomic mass is 10.2. The van der Waals surface area contributed by atoms with E-state index in [4.69, 9.17) is 0 Å². The molecule has 0 heterocycles. The molecule has 0 aromatic heterocycles. The van der Waals surface area contributed by atoms with Crippen molar-refractivity contribution in [2.24, 2.45) is 0 Å². The summed E-state index contributed by atoms with van der Waals surface area (Å²) in [6.07, 6.45) is 0. The summed E-state index contributed by atoms with van der Waals surface area (Å²) in [6, 6.07) is 15.4. The number of carbonyl (C=O) groups is 1. The molecule has 1 amide bonds. The molecule has 0 radical (unpaired) electrons. The minimum Gasteiger partial charge on any atom is -0.309 e. The van der Waals surface area contributed by atoms with E-state index in [1.165, 1.54) is 23.5 Å². The van der Waals surface area contributed by atoms with E-state index in [0.29, 0.717) is 12.1 Å². The zero-order valence-corrected chi connectivity index (χ0v) is 15.8. The van der Waals surface area contributed by atoms with E-state index in [2.05, 4.69) is 0 Å². The fourth-order valence-corrected chi connectivity index (χ4v) is 3.85. The zero-order chi connectivity index (χ0) is 18.6. The standard InChI is InChI=1S/C19H24N2O3S/c1-5-21(17-11-7-6-8-12-17)19(22)16-10-9-13-18(14-16)25(23,24)20(4)15(2)3/h6-15H,5H2,1-4H3. The molecule has 25 heavy (non-hydrogen) atoms. The molecule has 2 aromatic rings. The molecule has 0 N–H and O–H groups in total. The number of anilines is 1. The summed E-state index contributed by atoms with van der Waals surface area (Å²) in [7, 11) is -2.09. The average Bonchev–Trinajstić information content (AvgIpc) is 2.62. The lowest BCUT2D eigenvalue weighted by molar-refractivity contribution is 0.0988. The van der Waals surface area contributed by atoms with Gasteiger partial charge in [0, 0.05) is 30.9 Å². The van der Waals surface area contributed by atoms with Gasteiger partial charge in [0.1, 0.15) is 0 Å². The fraction of sp³-hybridized carbons (Fsp3) is 0.316. The molecule has 2 aromatic carbocycles. The molecule has 0 aliphatic rings. The Labute approximate surface area is 149 Å². The van der Waals surface area contributed by atoms with Gasteiger partial charge < -0.3 is 4.90 Å². The Hall–Kier alpha value is -2.18. The van der Waals surface area contributed by atoms with E-state index in [0.717, 1.165) is 5.69 Å². The molecule has 6 heteroatoms. The third-order valence-corrected chi connectivity index (χ3v) is 6.14. The molecular formula is C19H24N2O3S. The lowest BCUT2D eigenvalue weighted by Gasteiger charge is -2.23. The zero-order valence-electron chi connectivity index (χ0n) is 15.0. The number of hydrogen-bond acceptors (Lipinski definition) is 3. The third-order valence-electron chi connectivity index (χ3n) is 4.11. The van der Waals surface area contributed by atoms with Crippen molar-refractivity contribution in [3.63, 3.8) is 0 Å². The predicted octanol–water partition coefficient (Wildman–Crippen LogP) is 3.38. The normalized spacial score (nSPS) is 11.8. The van der Waals surface area contributed by atoms with Crippen molar-refractivity contribution in [3.05, 3.63) is 60.2 Å². The Morgan fingerprint density at radius 2 is 1.68 bits per heavy atom. The summed E-state index contributed by atoms with van der Waals surface area (Å²) < 4.78 is 26.6. The molecule has 0 unspecified atom stereocenters. The molecular weight excluding hydrogens is 336 g/mol. The van der Waals surface area contributed by atoms with Gasteiger partial charge in [-0.15, -0.1) is 0 Å². The second-order valence-corrected chi connectivity index (χ2v) is 8.03. The molecule has 0 aliphatic carbocycles. The SMILES string of the molecule is CCN(C(=O)c1cccc(S(=O)(=O)N(C)C(C)C)c1)c1ccccc1. The first-order valence-corrected chi connectivity index (χ1v) is 9.68. The third kappa shape index (κ3) is 4.08. The quantitative estimate of drug-likeness (QED) is 0.793. The van der Waals surface area contributed by atoms with Crippen molar-refractivity contribution in [1.82, 2.24) is 4.31 Å². The Morgan fingerprint density at radius 3 is 2.24 bits per heavy atom. The van der Waals surface area contributed by atoms with Crippen LogP contribution in [0, 0.1) is 0 Å². The van der Waals surface area contributed by atoms with Gasteiger partial charge in [-0.1, -0.05) is 24.3 Å². The van der Waals surface area contributed by atoms with Crippen LogP contribution in [-0.2, 0) is 10.0 Å². The van der Waals surface area contributed by atoms with Gasteiger partial charge >= 0.3 is 0 Å². The summed E-state index contributed by atoms with van der Waals surface area (Å²) in [5.74, 6) is -0.224. The second kappa shape index (κ2) is 7.80. The van der Waals surface area contributed by atoms with Gasteiger partial charge in [0.2, 0.25) is 10.0 Å². The predicted molar refractivity (Wildman–Crippen MR) is 100 cm³/mol. The van der Waals surface area contributed by atoms with E-state index in [-0.39, 0.29) is 16.8 Å². The van der Waals surface area contributed by atoms with Crippen molar-refractivity contribution in [1.29, 1.82) is 0 Å². The number of benzene rings is 2. The molecule has 2 rings (SSSR count). The van der Waals surface area contributed by atoms with Gasteiger partial charge in [0.25, 0.3) is 5.91 Å². The van der Waals surface area contributed by atoms with Crippen LogP contribution in [0.5, 0.6) is 0 Å². The van der Waals surface area contributed by atoms with Gasteiger partial charge in [-0.25, -0.2) is 8.42 Å². The highest BCUT2D eigenvalue weighted by Gasteiger charge is 2.25. The van der Waals surface area contributed by atoms with E-state index in [1.54, 1.807) is 30.9 Å². The molecule has 0 saturated heterocycles. The number of carbonyl (C=O) groups excluding carboxylic acids is 1. The number of sulfonamides is 1. The Balaban J connectivity index is 2.40. The number of amides is 1. The molecule has 134 valence electrons. The van der Waals surface area contributed by atoms with Crippen LogP contribution in [0.1, 0.15) is 31.1 Å². The minimum atomic E-state index is -3.63. The maximum atomic E-state index is 12.9. The fourth-order valence-electron chi connectivity index (χ4n) is 2.44. The number of rotatable bonds is 6. The molecule has 0 fully saturated rings. The van der Waals surface area contributed by atoms with E-state index in [1.807, 2.05) is 37.3 Å². The van der Waals surface area contributed by atoms with Crippen molar-refractivity contribution in [2.45, 2.75) is 31.7 Å². The first-order chi connectivity index (χ1) is 11.8. The highest BCUT2D eigenvalue weighted by atomic mass is 32.2. The Morgan fingerprint density at radius 1 is 1.04 bits per heavy atom. The van der Waals surface area contributed by atoms with E-state index < -0.39 is 10.0 Å². The summed E-state index contributed by atoms with van der Waals surface area (Å²) in [5, 5.41) is 0. The summed E-state index contributed by atoms with van der Waals surface area (Å²) in [6.45, 7) is 5.99. The van der Waals surface area contributed by atoms with Crippen LogP contribution in [0.2, 0.25) is 0 Å². The van der Waals surface area contributed by atoms with E-state index in [9.17, 15) is 13.2 Å². The van der Waals surface area contributed by atoms with Crippen LogP contribution in [0.3, 0.4) is 0 Å². The van der Waals surface area contributed by atoms with E-state index >= 15 is 0 Å². The average molecular weight is 360 g/mol. The lowest BCUT2D eigenvalue weighted by Crippen LogP contribution is -2.33. The summed E-state index contributed by atoms with van der Waals surface area (Å²) in [4.78, 5) is 14.6. The maximum Gasteiger partial charge on any atom is 0.258 e. The Bertz CT molecular complexity index is 833. The van der Waals surface area contributed by atoms with Crippen LogP contribution in [0.4, 0.5) is 5.69 Å². The minimum absolute atomic E-state index is 0.124. The number of hydrogen-bond donors (Lipinski definition) is 0. The molecule has 0 aliphatic heterocycles. The van der Waals surface area contributed by atoms with Gasteiger partial charge in [0.05, 0.1) is 4.90 Å². The van der Waals surface area contributed by atoms with Crippen LogP contribution < -0.4 is 4.90 Å². The first kappa shape index (κ1) is 19.1. The highest BCUT2D eigenvalue weighted by molar-refractivity contribution is 7.89. The topological polar surface area (TPSA) is 57.7 Å². The molecule has 0 spiro atoms. The number of para-hydroxylation sites is 1. The van der Waals surface area contributed by atoms with Crippen LogP contribution >= 0.6 is 0 Å². The van der Waals surface area contributed by atoms with Crippen LogP contribution in [0.25, 0.3) is 0 Å². The largest absolute Gasteiger partial charge is 0.309 e. The summed E-state index contributed by atoms with van der Waals surface area (Å²) in [5.41, 5.74) is 1.13. The van der Waals surface area contributed by atoms with Crippen molar-refractivity contribution >= 4 is 21.6 Å². The first-order valence-electron chi connectivity index (χ1n) is 8.24. The number of nitrogens with zero attached hydrogens (tertiary/aromatic N) is 2. The van der Waals surface area contributed by atoms with Crippen LogP contribution in [-0.4, -0.2) is 38.3 Å². The van der Waals surface area contributed by atoms with Crippen molar-refractivity contribution < 1.29 is 13.2 Å². The summed E-state index contributed by atoms with van der Waals surface area (Å²) >= 11 is 0. The smallest absolute Gasteiger partial charge is 0.258 e. The molecule has 5 nitrogen and oxygen atoms in total.